The van der Waals surface area contributed by atoms with Crippen molar-refractivity contribution in [2.75, 3.05) is 0 Å². The van der Waals surface area contributed by atoms with Gasteiger partial charge >= 0.3 is 5.82 Å². The molecule has 0 aliphatic heterocycles. The van der Waals surface area contributed by atoms with E-state index >= 15 is 0 Å². The zero-order valence-electron chi connectivity index (χ0n) is 11.9. The van der Waals surface area contributed by atoms with Crippen LogP contribution in [0.1, 0.15) is 24.8 Å². The molecule has 1 aliphatic carbocycles. The predicted molar refractivity (Wildman–Crippen MR) is 79.0 cm³/mol. The van der Waals surface area contributed by atoms with Crippen LogP contribution in [0.15, 0.2) is 42.9 Å². The number of rotatable bonds is 5. The maximum Gasteiger partial charge on any atom is 0.381 e. The second kappa shape index (κ2) is 5.59. The van der Waals surface area contributed by atoms with E-state index in [1.165, 1.54) is 17.1 Å². The summed E-state index contributed by atoms with van der Waals surface area (Å²) in [4.78, 5) is 25.9. The number of nitrogens with zero attached hydrogens (tertiary/aromatic N) is 3. The Morgan fingerprint density at radius 3 is 2.64 bits per heavy atom. The highest BCUT2D eigenvalue weighted by atomic mass is 16.6. The number of hydrogen-bond donors (Lipinski definition) is 1. The Balaban J connectivity index is 1.69. The number of amides is 1. The molecule has 114 valence electrons. The lowest BCUT2D eigenvalue weighted by molar-refractivity contribution is -0.389. The summed E-state index contributed by atoms with van der Waals surface area (Å²) >= 11 is 0. The molecule has 1 heterocycles. The summed E-state index contributed by atoms with van der Waals surface area (Å²) in [6.07, 6.45) is 5.45. The minimum Gasteiger partial charge on any atom is -0.358 e. The van der Waals surface area contributed by atoms with Crippen molar-refractivity contribution < 1.29 is 9.72 Å². The Bertz CT molecular complexity index is 692. The van der Waals surface area contributed by atoms with Crippen molar-refractivity contribution >= 4 is 11.7 Å². The summed E-state index contributed by atoms with van der Waals surface area (Å²) < 4.78 is 1.42. The highest BCUT2D eigenvalue weighted by molar-refractivity contribution is 5.77. The van der Waals surface area contributed by atoms with Gasteiger partial charge in [-0.2, -0.15) is 0 Å². The van der Waals surface area contributed by atoms with E-state index in [0.29, 0.717) is 0 Å². The van der Waals surface area contributed by atoms with Gasteiger partial charge in [-0.05, 0) is 34.7 Å². The summed E-state index contributed by atoms with van der Waals surface area (Å²) in [6.45, 7) is 0.0232. The zero-order chi connectivity index (χ0) is 15.6. The van der Waals surface area contributed by atoms with Crippen molar-refractivity contribution in [1.29, 1.82) is 0 Å². The van der Waals surface area contributed by atoms with Gasteiger partial charge in [0.1, 0.15) is 12.7 Å². The molecule has 1 amide bonds. The standard InChI is InChI=1S/C15H16N4O3/c20-14(10-18-9-13(16-11-18)19(21)22)17-15(7-4-8-15)12-5-2-1-3-6-12/h1-3,5-6,9,11H,4,7-8,10H2,(H,17,20). The van der Waals surface area contributed by atoms with E-state index in [2.05, 4.69) is 10.3 Å². The van der Waals surface area contributed by atoms with Crippen molar-refractivity contribution in [2.45, 2.75) is 31.3 Å². The van der Waals surface area contributed by atoms with Gasteiger partial charge in [-0.15, -0.1) is 0 Å². The molecule has 7 nitrogen and oxygen atoms in total. The second-order valence-electron chi connectivity index (χ2n) is 5.51. The van der Waals surface area contributed by atoms with Gasteiger partial charge in [0.05, 0.1) is 5.54 Å². The van der Waals surface area contributed by atoms with E-state index in [9.17, 15) is 14.9 Å². The molecule has 7 heteroatoms. The van der Waals surface area contributed by atoms with Crippen LogP contribution in [0.4, 0.5) is 5.82 Å². The average molecular weight is 300 g/mol. The molecule has 0 spiro atoms. The summed E-state index contributed by atoms with van der Waals surface area (Å²) in [5.74, 6) is -0.426. The van der Waals surface area contributed by atoms with Crippen LogP contribution in [-0.2, 0) is 16.9 Å². The van der Waals surface area contributed by atoms with E-state index in [4.69, 9.17) is 0 Å². The van der Waals surface area contributed by atoms with Crippen LogP contribution in [0.5, 0.6) is 0 Å². The normalized spacial score (nSPS) is 15.8. The average Bonchev–Trinajstić information content (AvgIpc) is 2.92. The topological polar surface area (TPSA) is 90.1 Å². The highest BCUT2D eigenvalue weighted by Crippen LogP contribution is 2.41. The molecule has 1 aromatic carbocycles. The number of carbonyl (C=O) groups is 1. The lowest BCUT2D eigenvalue weighted by Gasteiger charge is -2.43. The summed E-state index contributed by atoms with van der Waals surface area (Å²) in [7, 11) is 0. The molecule has 1 N–H and O–H groups in total. The number of carbonyl (C=O) groups excluding carboxylic acids is 1. The molecule has 0 saturated heterocycles. The van der Waals surface area contributed by atoms with Crippen molar-refractivity contribution in [3.05, 3.63) is 58.5 Å². The van der Waals surface area contributed by atoms with Gasteiger partial charge in [0.2, 0.25) is 12.2 Å². The molecule has 1 saturated carbocycles. The molecule has 3 rings (SSSR count). The molecule has 0 radical (unpaired) electrons. The first-order valence-electron chi connectivity index (χ1n) is 7.12. The molecular weight excluding hydrogens is 284 g/mol. The lowest BCUT2D eigenvalue weighted by atomic mass is 9.72. The van der Waals surface area contributed by atoms with Crippen LogP contribution in [-0.4, -0.2) is 20.4 Å². The van der Waals surface area contributed by atoms with Crippen molar-refractivity contribution in [3.8, 4) is 0 Å². The number of aromatic nitrogens is 2. The van der Waals surface area contributed by atoms with E-state index in [0.717, 1.165) is 24.8 Å². The molecule has 0 unspecified atom stereocenters. The van der Waals surface area contributed by atoms with Crippen LogP contribution in [0.25, 0.3) is 0 Å². The van der Waals surface area contributed by atoms with E-state index < -0.39 is 4.92 Å². The molecule has 0 bridgehead atoms. The van der Waals surface area contributed by atoms with Gasteiger partial charge in [-0.25, -0.2) is 0 Å². The van der Waals surface area contributed by atoms with Gasteiger partial charge < -0.3 is 20.0 Å². The minimum atomic E-state index is -0.578. The number of hydrogen-bond acceptors (Lipinski definition) is 4. The quantitative estimate of drug-likeness (QED) is 0.675. The Morgan fingerprint density at radius 1 is 1.36 bits per heavy atom. The monoisotopic (exact) mass is 300 g/mol. The molecule has 0 atom stereocenters. The van der Waals surface area contributed by atoms with Crippen LogP contribution >= 0.6 is 0 Å². The molecule has 22 heavy (non-hydrogen) atoms. The molecule has 1 fully saturated rings. The van der Waals surface area contributed by atoms with Crippen LogP contribution in [0.3, 0.4) is 0 Å². The van der Waals surface area contributed by atoms with Crippen molar-refractivity contribution in [3.63, 3.8) is 0 Å². The van der Waals surface area contributed by atoms with Gasteiger partial charge in [0.25, 0.3) is 0 Å². The third-order valence-corrected chi connectivity index (χ3v) is 4.05. The Kier molecular flexibility index (Phi) is 3.62. The van der Waals surface area contributed by atoms with Gasteiger partial charge in [-0.3, -0.25) is 4.79 Å². The fourth-order valence-electron chi connectivity index (χ4n) is 2.77. The molecule has 1 aromatic heterocycles. The summed E-state index contributed by atoms with van der Waals surface area (Å²) in [5, 5.41) is 13.7. The fourth-order valence-corrected chi connectivity index (χ4v) is 2.77. The van der Waals surface area contributed by atoms with Gasteiger partial charge in [0, 0.05) is 0 Å². The minimum absolute atomic E-state index is 0.0232. The van der Waals surface area contributed by atoms with Crippen LogP contribution in [0.2, 0.25) is 0 Å². The first-order chi connectivity index (χ1) is 10.6. The second-order valence-corrected chi connectivity index (χ2v) is 5.51. The van der Waals surface area contributed by atoms with E-state index in [-0.39, 0.29) is 23.8 Å². The zero-order valence-corrected chi connectivity index (χ0v) is 11.9. The van der Waals surface area contributed by atoms with E-state index in [1.54, 1.807) is 0 Å². The molecular formula is C15H16N4O3. The summed E-state index contributed by atoms with van der Waals surface area (Å²) in [5.41, 5.74) is 0.802. The van der Waals surface area contributed by atoms with Gasteiger partial charge in [0.15, 0.2) is 0 Å². The predicted octanol–water partition coefficient (Wildman–Crippen LogP) is 1.99. The summed E-state index contributed by atoms with van der Waals surface area (Å²) in [6, 6.07) is 9.90. The van der Waals surface area contributed by atoms with E-state index in [1.807, 2.05) is 30.3 Å². The molecule has 1 aliphatic rings. The smallest absolute Gasteiger partial charge is 0.358 e. The number of imidazole rings is 1. The first kappa shape index (κ1) is 14.2. The first-order valence-corrected chi connectivity index (χ1v) is 7.12. The largest absolute Gasteiger partial charge is 0.381 e. The lowest BCUT2D eigenvalue weighted by Crippen LogP contribution is -2.51. The van der Waals surface area contributed by atoms with Gasteiger partial charge in [-0.1, -0.05) is 30.3 Å². The maximum absolute atomic E-state index is 12.2. The highest BCUT2D eigenvalue weighted by Gasteiger charge is 2.39. The fraction of sp³-hybridized carbons (Fsp3) is 0.333. The number of benzene rings is 1. The third kappa shape index (κ3) is 2.69. The Labute approximate surface area is 127 Å². The number of nitro groups is 1. The van der Waals surface area contributed by atoms with Crippen molar-refractivity contribution in [1.82, 2.24) is 14.9 Å². The third-order valence-electron chi connectivity index (χ3n) is 4.05. The number of nitrogens with one attached hydrogen (secondary N) is 1. The molecule has 2 aromatic rings. The maximum atomic E-state index is 12.2. The van der Waals surface area contributed by atoms with Crippen molar-refractivity contribution in [2.24, 2.45) is 0 Å². The van der Waals surface area contributed by atoms with Crippen LogP contribution in [0, 0.1) is 10.1 Å². The Morgan fingerprint density at radius 2 is 2.09 bits per heavy atom. The Hall–Kier alpha value is -2.70. The SMILES string of the molecule is O=C(Cn1cnc([N+](=O)[O-])c1)NC1(c2ccccc2)CCC1. The van der Waals surface area contributed by atoms with Crippen LogP contribution < -0.4 is 5.32 Å².